The van der Waals surface area contributed by atoms with Crippen LogP contribution in [0.1, 0.15) is 5.56 Å². The molecule has 2 aromatic rings. The highest BCUT2D eigenvalue weighted by molar-refractivity contribution is 7.99. The molecule has 0 aliphatic carbocycles. The van der Waals surface area contributed by atoms with Gasteiger partial charge in [0.25, 0.3) is 0 Å². The van der Waals surface area contributed by atoms with E-state index in [1.165, 1.54) is 30.2 Å². The van der Waals surface area contributed by atoms with Gasteiger partial charge in [-0.25, -0.2) is 9.37 Å². The molecule has 0 radical (unpaired) electrons. The van der Waals surface area contributed by atoms with Crippen molar-refractivity contribution < 1.29 is 4.39 Å². The van der Waals surface area contributed by atoms with E-state index in [2.05, 4.69) is 20.5 Å². The van der Waals surface area contributed by atoms with Gasteiger partial charge >= 0.3 is 0 Å². The highest BCUT2D eigenvalue weighted by Gasteiger charge is 2.04. The van der Waals surface area contributed by atoms with Gasteiger partial charge in [-0.2, -0.15) is 5.10 Å². The summed E-state index contributed by atoms with van der Waals surface area (Å²) in [5, 5.41) is 10.1. The number of halogens is 1. The molecule has 0 saturated carbocycles. The lowest BCUT2D eigenvalue weighted by molar-refractivity contribution is 0.619. The average molecular weight is 238 g/mol. The van der Waals surface area contributed by atoms with E-state index in [0.29, 0.717) is 11.7 Å². The Kier molecular flexibility index (Phi) is 3.53. The Morgan fingerprint density at radius 3 is 3.00 bits per heavy atom. The lowest BCUT2D eigenvalue weighted by Crippen LogP contribution is -2.05. The summed E-state index contributed by atoms with van der Waals surface area (Å²) >= 11 is 1.35. The minimum Gasteiger partial charge on any atom is -0.316 e. The summed E-state index contributed by atoms with van der Waals surface area (Å²) in [6, 6.07) is 4.92. The molecular weight excluding hydrogens is 227 g/mol. The van der Waals surface area contributed by atoms with Crippen molar-refractivity contribution in [2.45, 2.75) is 16.6 Å². The van der Waals surface area contributed by atoms with Crippen molar-refractivity contribution in [3.8, 4) is 0 Å². The topological polar surface area (TPSA) is 53.6 Å². The summed E-state index contributed by atoms with van der Waals surface area (Å²) in [5.41, 5.74) is 0.907. The summed E-state index contributed by atoms with van der Waals surface area (Å²) < 4.78 is 13.3. The number of aromatic amines is 1. The third-order valence-corrected chi connectivity index (χ3v) is 2.78. The van der Waals surface area contributed by atoms with E-state index in [0.717, 1.165) is 10.5 Å². The molecule has 1 aromatic carbocycles. The van der Waals surface area contributed by atoms with E-state index in [1.54, 1.807) is 0 Å². The van der Waals surface area contributed by atoms with Crippen molar-refractivity contribution in [2.75, 3.05) is 7.05 Å². The second kappa shape index (κ2) is 5.09. The molecule has 16 heavy (non-hydrogen) atoms. The van der Waals surface area contributed by atoms with Crippen molar-refractivity contribution in [2.24, 2.45) is 0 Å². The molecule has 2 N–H and O–H groups in total. The van der Waals surface area contributed by atoms with Crippen molar-refractivity contribution in [3.05, 3.63) is 35.9 Å². The SMILES string of the molecule is CNCc1cc(F)cc(Sc2ncn[nH]2)c1. The third kappa shape index (κ3) is 2.80. The fourth-order valence-corrected chi connectivity index (χ4v) is 2.14. The highest BCUT2D eigenvalue weighted by atomic mass is 32.2. The number of nitrogens with zero attached hydrogens (tertiary/aromatic N) is 2. The van der Waals surface area contributed by atoms with Crippen LogP contribution < -0.4 is 5.32 Å². The van der Waals surface area contributed by atoms with Crippen molar-refractivity contribution in [1.29, 1.82) is 0 Å². The fraction of sp³-hybridized carbons (Fsp3) is 0.200. The molecule has 0 aliphatic heterocycles. The smallest absolute Gasteiger partial charge is 0.188 e. The maximum absolute atomic E-state index is 13.3. The van der Waals surface area contributed by atoms with E-state index >= 15 is 0 Å². The molecule has 1 aromatic heterocycles. The number of aromatic nitrogens is 3. The first-order valence-electron chi connectivity index (χ1n) is 4.75. The minimum atomic E-state index is -0.241. The monoisotopic (exact) mass is 238 g/mol. The minimum absolute atomic E-state index is 0.241. The van der Waals surface area contributed by atoms with E-state index in [4.69, 9.17) is 0 Å². The van der Waals surface area contributed by atoms with Crippen LogP contribution in [-0.4, -0.2) is 22.2 Å². The van der Waals surface area contributed by atoms with Gasteiger partial charge in [-0.05, 0) is 30.8 Å². The molecule has 4 nitrogen and oxygen atoms in total. The molecule has 2 rings (SSSR count). The molecule has 0 bridgehead atoms. The summed E-state index contributed by atoms with van der Waals surface area (Å²) in [5.74, 6) is -0.241. The molecule has 0 fully saturated rings. The van der Waals surface area contributed by atoms with Gasteiger partial charge in [0.15, 0.2) is 5.16 Å². The van der Waals surface area contributed by atoms with Crippen LogP contribution in [0.2, 0.25) is 0 Å². The van der Waals surface area contributed by atoms with Crippen LogP contribution in [-0.2, 0) is 6.54 Å². The highest BCUT2D eigenvalue weighted by Crippen LogP contribution is 2.25. The summed E-state index contributed by atoms with van der Waals surface area (Å²) in [7, 11) is 1.83. The first kappa shape index (κ1) is 11.1. The van der Waals surface area contributed by atoms with Crippen LogP contribution in [0.4, 0.5) is 4.39 Å². The van der Waals surface area contributed by atoms with Gasteiger partial charge in [-0.3, -0.25) is 5.10 Å². The predicted octanol–water partition coefficient (Wildman–Crippen LogP) is 1.81. The first-order chi connectivity index (χ1) is 7.78. The Morgan fingerprint density at radius 2 is 2.31 bits per heavy atom. The van der Waals surface area contributed by atoms with Gasteiger partial charge in [0.1, 0.15) is 12.1 Å². The Morgan fingerprint density at radius 1 is 1.44 bits per heavy atom. The van der Waals surface area contributed by atoms with E-state index < -0.39 is 0 Å². The fourth-order valence-electron chi connectivity index (χ4n) is 1.34. The molecule has 0 atom stereocenters. The molecule has 0 spiro atoms. The van der Waals surface area contributed by atoms with Crippen molar-refractivity contribution in [1.82, 2.24) is 20.5 Å². The van der Waals surface area contributed by atoms with Gasteiger partial charge in [0.2, 0.25) is 0 Å². The molecule has 6 heteroatoms. The summed E-state index contributed by atoms with van der Waals surface area (Å²) in [6.45, 7) is 0.641. The maximum Gasteiger partial charge on any atom is 0.188 e. The van der Waals surface area contributed by atoms with E-state index in [9.17, 15) is 4.39 Å². The largest absolute Gasteiger partial charge is 0.316 e. The second-order valence-electron chi connectivity index (χ2n) is 3.22. The van der Waals surface area contributed by atoms with Crippen molar-refractivity contribution in [3.63, 3.8) is 0 Å². The predicted molar refractivity (Wildman–Crippen MR) is 59.7 cm³/mol. The number of rotatable bonds is 4. The van der Waals surface area contributed by atoms with Crippen LogP contribution in [0.5, 0.6) is 0 Å². The quantitative estimate of drug-likeness (QED) is 0.853. The Balaban J connectivity index is 2.20. The van der Waals surface area contributed by atoms with Gasteiger partial charge in [-0.15, -0.1) is 0 Å². The normalized spacial score (nSPS) is 10.6. The number of H-pyrrole nitrogens is 1. The average Bonchev–Trinajstić information content (AvgIpc) is 2.70. The second-order valence-corrected chi connectivity index (χ2v) is 4.28. The van der Waals surface area contributed by atoms with Crippen LogP contribution in [0.15, 0.2) is 34.6 Å². The molecule has 84 valence electrons. The van der Waals surface area contributed by atoms with Crippen LogP contribution >= 0.6 is 11.8 Å². The number of nitrogens with one attached hydrogen (secondary N) is 2. The molecule has 1 heterocycles. The number of hydrogen-bond acceptors (Lipinski definition) is 4. The van der Waals surface area contributed by atoms with E-state index in [-0.39, 0.29) is 5.82 Å². The third-order valence-electron chi connectivity index (χ3n) is 1.92. The van der Waals surface area contributed by atoms with Crippen LogP contribution in [0.3, 0.4) is 0 Å². The molecule has 0 unspecified atom stereocenters. The molecule has 0 saturated heterocycles. The van der Waals surface area contributed by atoms with Gasteiger partial charge in [-0.1, -0.05) is 11.8 Å². The number of benzene rings is 1. The standard InChI is InChI=1S/C10H11FN4S/c1-12-5-7-2-8(11)4-9(3-7)16-10-13-6-14-15-10/h2-4,6,12H,5H2,1H3,(H,13,14,15). The van der Waals surface area contributed by atoms with Gasteiger partial charge in [0.05, 0.1) is 0 Å². The van der Waals surface area contributed by atoms with Gasteiger partial charge < -0.3 is 5.32 Å². The zero-order chi connectivity index (χ0) is 11.4. The first-order valence-corrected chi connectivity index (χ1v) is 5.57. The zero-order valence-corrected chi connectivity index (χ0v) is 9.51. The maximum atomic E-state index is 13.3. The Hall–Kier alpha value is -1.40. The summed E-state index contributed by atoms with van der Waals surface area (Å²) in [4.78, 5) is 4.78. The summed E-state index contributed by atoms with van der Waals surface area (Å²) in [6.07, 6.45) is 1.43. The van der Waals surface area contributed by atoms with Crippen molar-refractivity contribution >= 4 is 11.8 Å². The molecular formula is C10H11FN4S. The zero-order valence-electron chi connectivity index (χ0n) is 8.70. The lowest BCUT2D eigenvalue weighted by atomic mass is 10.2. The molecule has 0 amide bonds. The molecule has 0 aliphatic rings. The van der Waals surface area contributed by atoms with Crippen LogP contribution in [0, 0.1) is 5.82 Å². The number of hydrogen-bond donors (Lipinski definition) is 2. The lowest BCUT2D eigenvalue weighted by Gasteiger charge is -2.03. The van der Waals surface area contributed by atoms with E-state index in [1.807, 2.05) is 13.1 Å². The van der Waals surface area contributed by atoms with Gasteiger partial charge in [0, 0.05) is 11.4 Å². The Bertz CT molecular complexity index is 458. The van der Waals surface area contributed by atoms with Crippen LogP contribution in [0.25, 0.3) is 0 Å². The Labute approximate surface area is 96.7 Å².